The van der Waals surface area contributed by atoms with Gasteiger partial charge in [0.1, 0.15) is 11.2 Å². The Morgan fingerprint density at radius 3 is 2.93 bits per heavy atom. The van der Waals surface area contributed by atoms with Gasteiger partial charge in [-0.3, -0.25) is 4.79 Å². The molecule has 0 aliphatic heterocycles. The molecule has 0 atom stereocenters. The van der Waals surface area contributed by atoms with Crippen molar-refractivity contribution in [3.05, 3.63) is 51.6 Å². The quantitative estimate of drug-likeness (QED) is 0.522. The van der Waals surface area contributed by atoms with Gasteiger partial charge in [-0.1, -0.05) is 23.7 Å². The monoisotopic (exact) mass is 400 g/mol. The maximum Gasteiger partial charge on any atom is 0.278 e. The lowest BCUT2D eigenvalue weighted by Gasteiger charge is -2.11. The Morgan fingerprint density at radius 2 is 2.07 bits per heavy atom. The van der Waals surface area contributed by atoms with Crippen molar-refractivity contribution in [2.75, 3.05) is 6.61 Å². The number of aryl methyl sites for hydroxylation is 2. The van der Waals surface area contributed by atoms with Crippen LogP contribution in [0.1, 0.15) is 28.8 Å². The Balaban J connectivity index is 1.40. The zero-order valence-electron chi connectivity index (χ0n) is 14.4. The molecule has 0 spiro atoms. The van der Waals surface area contributed by atoms with Gasteiger partial charge in [-0.25, -0.2) is 15.4 Å². The summed E-state index contributed by atoms with van der Waals surface area (Å²) in [4.78, 5) is 22.9. The summed E-state index contributed by atoms with van der Waals surface area (Å²) in [6.45, 7) is -0.158. The normalized spacial score (nSPS) is 13.7. The standard InChI is InChI=1S/C19H17ClN4O2S/c20-13-7-5-12(6-8-13)9-23-24-16(25)10-26-18-17-14-3-1-2-4-15(14)27-19(17)22-11-21-18/h5-9,11H,1-4,10H2,(H,24,25)/b23-9+. The fourth-order valence-electron chi connectivity index (χ4n) is 3.06. The summed E-state index contributed by atoms with van der Waals surface area (Å²) in [6, 6.07) is 7.14. The first kappa shape index (κ1) is 17.9. The fraction of sp³-hybridized carbons (Fsp3) is 0.263. The lowest BCUT2D eigenvalue weighted by molar-refractivity contribution is -0.123. The molecule has 1 amide bonds. The number of thiophene rings is 1. The minimum absolute atomic E-state index is 0.158. The van der Waals surface area contributed by atoms with Gasteiger partial charge in [-0.2, -0.15) is 5.10 Å². The molecular weight excluding hydrogens is 384 g/mol. The number of ether oxygens (including phenoxy) is 1. The van der Waals surface area contributed by atoms with Gasteiger partial charge in [-0.05, 0) is 48.9 Å². The molecular formula is C19H17ClN4O2S. The molecule has 8 heteroatoms. The molecule has 2 aromatic heterocycles. The second-order valence-electron chi connectivity index (χ2n) is 6.20. The first-order valence-corrected chi connectivity index (χ1v) is 9.85. The molecule has 1 aliphatic rings. The summed E-state index contributed by atoms with van der Waals surface area (Å²) in [5.74, 6) is 0.118. The van der Waals surface area contributed by atoms with E-state index in [0.29, 0.717) is 10.9 Å². The van der Waals surface area contributed by atoms with Crippen molar-refractivity contribution in [2.45, 2.75) is 25.7 Å². The number of rotatable bonds is 5. The largest absolute Gasteiger partial charge is 0.467 e. The number of nitrogens with zero attached hydrogens (tertiary/aromatic N) is 3. The molecule has 0 unspecified atom stereocenters. The maximum absolute atomic E-state index is 12.0. The summed E-state index contributed by atoms with van der Waals surface area (Å²) in [7, 11) is 0. The predicted octanol–water partition coefficient (Wildman–Crippen LogP) is 3.75. The molecule has 0 radical (unpaired) electrons. The minimum atomic E-state index is -0.351. The number of benzene rings is 1. The second kappa shape index (κ2) is 8.02. The van der Waals surface area contributed by atoms with Gasteiger partial charge in [0.05, 0.1) is 11.6 Å². The molecule has 0 fully saturated rings. The van der Waals surface area contributed by atoms with Crippen LogP contribution in [0, 0.1) is 0 Å². The van der Waals surface area contributed by atoms with E-state index in [1.165, 1.54) is 23.2 Å². The van der Waals surface area contributed by atoms with Crippen molar-refractivity contribution in [1.82, 2.24) is 15.4 Å². The molecule has 2 heterocycles. The molecule has 1 N–H and O–H groups in total. The van der Waals surface area contributed by atoms with Gasteiger partial charge in [-0.15, -0.1) is 11.3 Å². The van der Waals surface area contributed by atoms with E-state index in [9.17, 15) is 4.79 Å². The van der Waals surface area contributed by atoms with Gasteiger partial charge in [0.15, 0.2) is 6.61 Å². The molecule has 0 saturated carbocycles. The van der Waals surface area contributed by atoms with Crippen LogP contribution in [-0.2, 0) is 17.6 Å². The zero-order chi connectivity index (χ0) is 18.6. The van der Waals surface area contributed by atoms with Gasteiger partial charge >= 0.3 is 0 Å². The highest BCUT2D eigenvalue weighted by Gasteiger charge is 2.20. The highest BCUT2D eigenvalue weighted by atomic mass is 35.5. The molecule has 6 nitrogen and oxygen atoms in total. The van der Waals surface area contributed by atoms with Gasteiger partial charge in [0, 0.05) is 9.90 Å². The fourth-order valence-corrected chi connectivity index (χ4v) is 4.41. The van der Waals surface area contributed by atoms with Gasteiger partial charge in [0.2, 0.25) is 5.88 Å². The number of carbonyl (C=O) groups is 1. The molecule has 4 rings (SSSR count). The average molecular weight is 401 g/mol. The predicted molar refractivity (Wildman–Crippen MR) is 107 cm³/mol. The number of aromatic nitrogens is 2. The van der Waals surface area contributed by atoms with E-state index in [2.05, 4.69) is 20.5 Å². The average Bonchev–Trinajstić information content (AvgIpc) is 3.07. The molecule has 1 aliphatic carbocycles. The van der Waals surface area contributed by atoms with Crippen LogP contribution in [0.3, 0.4) is 0 Å². The van der Waals surface area contributed by atoms with E-state index in [1.807, 2.05) is 12.1 Å². The third-order valence-electron chi connectivity index (χ3n) is 4.33. The Hall–Kier alpha value is -2.51. The number of hydrogen-bond donors (Lipinski definition) is 1. The number of amides is 1. The van der Waals surface area contributed by atoms with E-state index in [4.69, 9.17) is 16.3 Å². The highest BCUT2D eigenvalue weighted by molar-refractivity contribution is 7.18. The van der Waals surface area contributed by atoms with Gasteiger partial charge in [0.25, 0.3) is 5.91 Å². The van der Waals surface area contributed by atoms with Crippen LogP contribution >= 0.6 is 22.9 Å². The number of halogens is 1. The van der Waals surface area contributed by atoms with Crippen LogP contribution in [-0.4, -0.2) is 28.7 Å². The zero-order valence-corrected chi connectivity index (χ0v) is 16.0. The number of hydrazone groups is 1. The van der Waals surface area contributed by atoms with Crippen LogP contribution in [0.4, 0.5) is 0 Å². The topological polar surface area (TPSA) is 76.5 Å². The Bertz CT molecular complexity index is 1000. The van der Waals surface area contributed by atoms with E-state index in [1.54, 1.807) is 29.7 Å². The number of fused-ring (bicyclic) bond motifs is 3. The van der Waals surface area contributed by atoms with E-state index >= 15 is 0 Å². The molecule has 0 saturated heterocycles. The van der Waals surface area contributed by atoms with Crippen molar-refractivity contribution in [2.24, 2.45) is 5.10 Å². The smallest absolute Gasteiger partial charge is 0.278 e. The molecule has 27 heavy (non-hydrogen) atoms. The van der Waals surface area contributed by atoms with Crippen LogP contribution < -0.4 is 10.2 Å². The molecule has 3 aromatic rings. The maximum atomic E-state index is 12.0. The Labute approximate surface area is 165 Å². The summed E-state index contributed by atoms with van der Waals surface area (Å²) in [5.41, 5.74) is 4.56. The third kappa shape index (κ3) is 4.09. The summed E-state index contributed by atoms with van der Waals surface area (Å²) in [5, 5.41) is 5.53. The highest BCUT2D eigenvalue weighted by Crippen LogP contribution is 2.38. The van der Waals surface area contributed by atoms with Crippen molar-refractivity contribution in [3.8, 4) is 5.88 Å². The first-order chi connectivity index (χ1) is 13.2. The van der Waals surface area contributed by atoms with E-state index < -0.39 is 0 Å². The van der Waals surface area contributed by atoms with Crippen molar-refractivity contribution in [3.63, 3.8) is 0 Å². The summed E-state index contributed by atoms with van der Waals surface area (Å²) >= 11 is 7.53. The lowest BCUT2D eigenvalue weighted by atomic mass is 9.97. The van der Waals surface area contributed by atoms with E-state index in [0.717, 1.165) is 35.0 Å². The van der Waals surface area contributed by atoms with Crippen LogP contribution in [0.25, 0.3) is 10.2 Å². The third-order valence-corrected chi connectivity index (χ3v) is 5.78. The SMILES string of the molecule is O=C(COc1ncnc2sc3c(c12)CCCC3)N/N=C/c1ccc(Cl)cc1. The number of nitrogens with one attached hydrogen (secondary N) is 1. The second-order valence-corrected chi connectivity index (χ2v) is 7.72. The van der Waals surface area contributed by atoms with Crippen LogP contribution in [0.15, 0.2) is 35.7 Å². The van der Waals surface area contributed by atoms with Gasteiger partial charge < -0.3 is 4.74 Å². The lowest BCUT2D eigenvalue weighted by Crippen LogP contribution is -2.25. The molecule has 0 bridgehead atoms. The Kier molecular flexibility index (Phi) is 5.31. The first-order valence-electron chi connectivity index (χ1n) is 8.66. The number of hydrogen-bond acceptors (Lipinski definition) is 6. The molecule has 138 valence electrons. The van der Waals surface area contributed by atoms with Crippen molar-refractivity contribution in [1.29, 1.82) is 0 Å². The Morgan fingerprint density at radius 1 is 1.26 bits per heavy atom. The van der Waals surface area contributed by atoms with Crippen molar-refractivity contribution >= 4 is 45.3 Å². The summed E-state index contributed by atoms with van der Waals surface area (Å²) in [6.07, 6.45) is 7.49. The van der Waals surface area contributed by atoms with E-state index in [-0.39, 0.29) is 12.5 Å². The molecule has 1 aromatic carbocycles. The minimum Gasteiger partial charge on any atom is -0.467 e. The van der Waals surface area contributed by atoms with Crippen molar-refractivity contribution < 1.29 is 9.53 Å². The van der Waals surface area contributed by atoms with Crippen LogP contribution in [0.2, 0.25) is 5.02 Å². The summed E-state index contributed by atoms with van der Waals surface area (Å²) < 4.78 is 5.68. The number of carbonyl (C=O) groups excluding carboxylic acids is 1. The van der Waals surface area contributed by atoms with Crippen LogP contribution in [0.5, 0.6) is 5.88 Å².